The largest absolute Gasteiger partial charge is 0.378 e. The summed E-state index contributed by atoms with van der Waals surface area (Å²) in [5.41, 5.74) is 1.50. The molecular weight excluding hydrogens is 471 g/mol. The highest BCUT2D eigenvalue weighted by molar-refractivity contribution is 6.30. The summed E-state index contributed by atoms with van der Waals surface area (Å²) in [6, 6.07) is 15.4. The van der Waals surface area contributed by atoms with E-state index in [4.69, 9.17) is 16.3 Å². The lowest BCUT2D eigenvalue weighted by Crippen LogP contribution is -2.36. The third-order valence-electron chi connectivity index (χ3n) is 5.72. The number of hydrogen-bond acceptors (Lipinski definition) is 6. The number of anilines is 2. The minimum atomic E-state index is -0.812. The van der Waals surface area contributed by atoms with Crippen LogP contribution in [0.25, 0.3) is 11.0 Å². The van der Waals surface area contributed by atoms with E-state index in [1.165, 1.54) is 30.3 Å². The van der Waals surface area contributed by atoms with Gasteiger partial charge in [-0.25, -0.2) is 9.37 Å². The Balaban J connectivity index is 1.41. The number of nitrogens with zero attached hydrogens (tertiary/aromatic N) is 3. The number of rotatable bonds is 5. The van der Waals surface area contributed by atoms with E-state index in [-0.39, 0.29) is 16.8 Å². The Morgan fingerprint density at radius 2 is 1.71 bits per heavy atom. The molecule has 1 amide bonds. The van der Waals surface area contributed by atoms with Gasteiger partial charge in [-0.05, 0) is 54.6 Å². The quantitative estimate of drug-likeness (QED) is 0.407. The predicted molar refractivity (Wildman–Crippen MR) is 132 cm³/mol. The number of amides is 1. The molecule has 176 valence electrons. The molecular formula is C26H20ClFN4O3. The SMILES string of the molecule is O=C(Nc1cccc(C(=O)c2ccc3ncc(N4CCOCC4)nc3c2)c1F)c1ccc(Cl)cc1. The number of nitrogens with one attached hydrogen (secondary N) is 1. The zero-order valence-electron chi connectivity index (χ0n) is 18.5. The van der Waals surface area contributed by atoms with Gasteiger partial charge in [-0.3, -0.25) is 14.6 Å². The standard InChI is InChI=1S/C26H20ClFN4O3/c27-18-7-4-16(5-8-18)26(34)31-21-3-1-2-19(24(21)28)25(33)17-6-9-20-22(14-17)30-23(15-29-20)32-10-12-35-13-11-32/h1-9,14-15H,10-13H2,(H,31,34). The van der Waals surface area contributed by atoms with E-state index in [0.29, 0.717) is 53.7 Å². The summed E-state index contributed by atoms with van der Waals surface area (Å²) in [7, 11) is 0. The van der Waals surface area contributed by atoms with Crippen LogP contribution in [0.3, 0.4) is 0 Å². The number of carbonyl (C=O) groups is 2. The Hall–Kier alpha value is -3.88. The van der Waals surface area contributed by atoms with Crippen LogP contribution in [0.4, 0.5) is 15.9 Å². The summed E-state index contributed by atoms with van der Waals surface area (Å²) in [6.07, 6.45) is 1.70. The van der Waals surface area contributed by atoms with Crippen LogP contribution in [0, 0.1) is 5.82 Å². The number of fused-ring (bicyclic) bond motifs is 1. The second-order valence-electron chi connectivity index (χ2n) is 7.99. The second-order valence-corrected chi connectivity index (χ2v) is 8.42. The molecule has 0 saturated carbocycles. The number of halogens is 2. The lowest BCUT2D eigenvalue weighted by molar-refractivity contribution is 0.101. The fourth-order valence-corrected chi connectivity index (χ4v) is 3.97. The van der Waals surface area contributed by atoms with Gasteiger partial charge in [0.2, 0.25) is 0 Å². The topological polar surface area (TPSA) is 84.4 Å². The average molecular weight is 491 g/mol. The summed E-state index contributed by atoms with van der Waals surface area (Å²) in [4.78, 5) is 36.9. The molecule has 2 heterocycles. The predicted octanol–water partition coefficient (Wildman–Crippen LogP) is 4.74. The Morgan fingerprint density at radius 1 is 0.971 bits per heavy atom. The van der Waals surface area contributed by atoms with Crippen LogP contribution in [-0.4, -0.2) is 48.0 Å². The maximum absolute atomic E-state index is 15.3. The Labute approximate surface area is 205 Å². The molecule has 4 aromatic rings. The van der Waals surface area contributed by atoms with Crippen molar-refractivity contribution in [3.63, 3.8) is 0 Å². The molecule has 3 aromatic carbocycles. The minimum Gasteiger partial charge on any atom is -0.378 e. The van der Waals surface area contributed by atoms with Crippen LogP contribution < -0.4 is 10.2 Å². The molecule has 1 fully saturated rings. The van der Waals surface area contributed by atoms with Crippen molar-refractivity contribution in [2.24, 2.45) is 0 Å². The molecule has 5 rings (SSSR count). The minimum absolute atomic E-state index is 0.0917. The first kappa shape index (κ1) is 22.9. The molecule has 0 radical (unpaired) electrons. The lowest BCUT2D eigenvalue weighted by Gasteiger charge is -2.27. The molecule has 35 heavy (non-hydrogen) atoms. The molecule has 0 aliphatic carbocycles. The van der Waals surface area contributed by atoms with E-state index in [9.17, 15) is 9.59 Å². The number of ketones is 1. The van der Waals surface area contributed by atoms with Gasteiger partial charge < -0.3 is 15.0 Å². The summed E-state index contributed by atoms with van der Waals surface area (Å²) in [5.74, 6) is -1.15. The van der Waals surface area contributed by atoms with Gasteiger partial charge in [-0.15, -0.1) is 0 Å². The normalized spacial score (nSPS) is 13.6. The van der Waals surface area contributed by atoms with Gasteiger partial charge in [-0.1, -0.05) is 17.7 Å². The van der Waals surface area contributed by atoms with Crippen molar-refractivity contribution in [1.29, 1.82) is 0 Å². The van der Waals surface area contributed by atoms with Crippen LogP contribution >= 0.6 is 11.6 Å². The van der Waals surface area contributed by atoms with E-state index < -0.39 is 17.5 Å². The molecule has 1 saturated heterocycles. The average Bonchev–Trinajstić information content (AvgIpc) is 2.89. The van der Waals surface area contributed by atoms with Crippen LogP contribution in [0.2, 0.25) is 5.02 Å². The molecule has 0 bridgehead atoms. The lowest BCUT2D eigenvalue weighted by atomic mass is 10.0. The molecule has 0 spiro atoms. The van der Waals surface area contributed by atoms with Crippen LogP contribution in [0.5, 0.6) is 0 Å². The molecule has 1 N–H and O–H groups in total. The van der Waals surface area contributed by atoms with E-state index >= 15 is 4.39 Å². The van der Waals surface area contributed by atoms with Crippen molar-refractivity contribution in [1.82, 2.24) is 9.97 Å². The first-order chi connectivity index (χ1) is 17.0. The smallest absolute Gasteiger partial charge is 0.255 e. The summed E-state index contributed by atoms with van der Waals surface area (Å²) in [5, 5.41) is 3.00. The van der Waals surface area contributed by atoms with Gasteiger partial charge in [0.05, 0.1) is 41.7 Å². The maximum Gasteiger partial charge on any atom is 0.255 e. The van der Waals surface area contributed by atoms with Crippen molar-refractivity contribution in [3.05, 3.63) is 94.4 Å². The number of ether oxygens (including phenoxy) is 1. The molecule has 7 nitrogen and oxygen atoms in total. The monoisotopic (exact) mass is 490 g/mol. The van der Waals surface area contributed by atoms with Crippen LogP contribution in [0.1, 0.15) is 26.3 Å². The maximum atomic E-state index is 15.3. The van der Waals surface area contributed by atoms with Gasteiger partial charge >= 0.3 is 0 Å². The van der Waals surface area contributed by atoms with E-state index in [1.807, 2.05) is 0 Å². The molecule has 1 aliphatic heterocycles. The fraction of sp³-hybridized carbons (Fsp3) is 0.154. The third kappa shape index (κ3) is 4.84. The summed E-state index contributed by atoms with van der Waals surface area (Å²) in [6.45, 7) is 2.64. The van der Waals surface area contributed by atoms with Gasteiger partial charge in [-0.2, -0.15) is 0 Å². The van der Waals surface area contributed by atoms with Crippen molar-refractivity contribution in [2.75, 3.05) is 36.5 Å². The van der Waals surface area contributed by atoms with Crippen molar-refractivity contribution in [3.8, 4) is 0 Å². The molecule has 0 atom stereocenters. The summed E-state index contributed by atoms with van der Waals surface area (Å²) < 4.78 is 20.6. The van der Waals surface area contributed by atoms with Crippen LogP contribution in [-0.2, 0) is 4.74 Å². The zero-order chi connectivity index (χ0) is 24.4. The van der Waals surface area contributed by atoms with Crippen molar-refractivity contribution >= 4 is 45.8 Å². The molecule has 1 aliphatic rings. The highest BCUT2D eigenvalue weighted by atomic mass is 35.5. The van der Waals surface area contributed by atoms with Gasteiger partial charge in [0.1, 0.15) is 5.82 Å². The molecule has 9 heteroatoms. The van der Waals surface area contributed by atoms with Crippen molar-refractivity contribution in [2.45, 2.75) is 0 Å². The highest BCUT2D eigenvalue weighted by Gasteiger charge is 2.20. The Bertz CT molecular complexity index is 1420. The number of morpholine rings is 1. The number of carbonyl (C=O) groups excluding carboxylic acids is 2. The number of hydrogen-bond donors (Lipinski definition) is 1. The first-order valence-electron chi connectivity index (χ1n) is 11.0. The molecule has 1 aromatic heterocycles. The van der Waals surface area contributed by atoms with Gasteiger partial charge in [0.25, 0.3) is 5.91 Å². The van der Waals surface area contributed by atoms with Gasteiger partial charge in [0.15, 0.2) is 11.6 Å². The van der Waals surface area contributed by atoms with Gasteiger partial charge in [0, 0.05) is 29.2 Å². The third-order valence-corrected chi connectivity index (χ3v) is 5.98. The van der Waals surface area contributed by atoms with E-state index in [2.05, 4.69) is 20.2 Å². The summed E-state index contributed by atoms with van der Waals surface area (Å²) >= 11 is 5.86. The van der Waals surface area contributed by atoms with E-state index in [0.717, 1.165) is 0 Å². The number of benzene rings is 3. The van der Waals surface area contributed by atoms with Crippen molar-refractivity contribution < 1.29 is 18.7 Å². The first-order valence-corrected chi connectivity index (χ1v) is 11.4. The molecule has 0 unspecified atom stereocenters. The van der Waals surface area contributed by atoms with E-state index in [1.54, 1.807) is 36.5 Å². The Kier molecular flexibility index (Phi) is 6.39. The van der Waals surface area contributed by atoms with Crippen LogP contribution in [0.15, 0.2) is 66.9 Å². The zero-order valence-corrected chi connectivity index (χ0v) is 19.3. The Morgan fingerprint density at radius 3 is 2.49 bits per heavy atom. The fourth-order valence-electron chi connectivity index (χ4n) is 3.84. The highest BCUT2D eigenvalue weighted by Crippen LogP contribution is 2.24. The number of aromatic nitrogens is 2. The second kappa shape index (κ2) is 9.77.